The molecule has 1 heterocycles. The quantitative estimate of drug-likeness (QED) is 0.896. The Hall–Kier alpha value is -1.82. The van der Waals surface area contributed by atoms with Crippen molar-refractivity contribution in [3.8, 4) is 0 Å². The third-order valence-electron chi connectivity index (χ3n) is 3.08. The topological polar surface area (TPSA) is 42.7 Å². The molecule has 100 valence electrons. The lowest BCUT2D eigenvalue weighted by Gasteiger charge is -2.02. The van der Waals surface area contributed by atoms with Gasteiger partial charge in [0.15, 0.2) is 0 Å². The number of nitrogens with one attached hydrogen (secondary N) is 1. The lowest BCUT2D eigenvalue weighted by molar-refractivity contribution is 0.554. The van der Waals surface area contributed by atoms with E-state index in [0.29, 0.717) is 18.2 Å². The molecule has 0 saturated heterocycles. The van der Waals surface area contributed by atoms with Crippen molar-refractivity contribution in [3.05, 3.63) is 47.3 Å². The Morgan fingerprint density at radius 1 is 1.32 bits per heavy atom. The van der Waals surface area contributed by atoms with Gasteiger partial charge >= 0.3 is 0 Å². The molecule has 0 aliphatic heterocycles. The Labute approximate surface area is 109 Å². The van der Waals surface area contributed by atoms with Crippen LogP contribution in [0, 0.1) is 11.6 Å². The van der Waals surface area contributed by atoms with Crippen LogP contribution in [0.4, 0.5) is 8.78 Å². The maximum atomic E-state index is 13.5. The number of benzene rings is 1. The van der Waals surface area contributed by atoms with E-state index in [1.165, 1.54) is 25.0 Å². The summed E-state index contributed by atoms with van der Waals surface area (Å²) in [4.78, 5) is 0. The molecule has 1 aromatic heterocycles. The minimum Gasteiger partial charge on any atom is -0.308 e. The molecule has 1 N–H and O–H groups in total. The summed E-state index contributed by atoms with van der Waals surface area (Å²) in [5.74, 6) is -1.14. The highest BCUT2D eigenvalue weighted by molar-refractivity contribution is 5.18. The monoisotopic (exact) mass is 264 g/mol. The number of halogens is 2. The standard InChI is InChI=1S/C13H14F2N4/c14-10-2-1-9(13(15)5-10)7-19-8-12(17-18-19)6-16-11-3-4-11/h1-2,5,8,11,16H,3-4,6-7H2. The van der Waals surface area contributed by atoms with Crippen LogP contribution in [-0.2, 0) is 13.1 Å². The van der Waals surface area contributed by atoms with Gasteiger partial charge in [0.05, 0.1) is 18.4 Å². The fraction of sp³-hybridized carbons (Fsp3) is 0.385. The van der Waals surface area contributed by atoms with Gasteiger partial charge in [-0.2, -0.15) is 0 Å². The van der Waals surface area contributed by atoms with Crippen molar-refractivity contribution in [2.45, 2.75) is 32.0 Å². The zero-order chi connectivity index (χ0) is 13.2. The molecule has 1 aliphatic rings. The van der Waals surface area contributed by atoms with Crippen molar-refractivity contribution in [2.75, 3.05) is 0 Å². The molecule has 1 saturated carbocycles. The first-order valence-electron chi connectivity index (χ1n) is 6.27. The van der Waals surface area contributed by atoms with Gasteiger partial charge < -0.3 is 5.32 Å². The van der Waals surface area contributed by atoms with Crippen LogP contribution in [0.1, 0.15) is 24.1 Å². The fourth-order valence-electron chi connectivity index (χ4n) is 1.86. The van der Waals surface area contributed by atoms with Gasteiger partial charge in [-0.25, -0.2) is 13.5 Å². The Morgan fingerprint density at radius 2 is 2.16 bits per heavy atom. The van der Waals surface area contributed by atoms with Crippen molar-refractivity contribution in [1.82, 2.24) is 20.3 Å². The average molecular weight is 264 g/mol. The molecule has 1 fully saturated rings. The third kappa shape index (κ3) is 3.14. The molecule has 6 heteroatoms. The molecule has 0 amide bonds. The number of hydrogen-bond acceptors (Lipinski definition) is 3. The summed E-state index contributed by atoms with van der Waals surface area (Å²) in [6, 6.07) is 4.15. The van der Waals surface area contributed by atoms with E-state index in [1.54, 1.807) is 10.9 Å². The highest BCUT2D eigenvalue weighted by Crippen LogP contribution is 2.19. The minimum atomic E-state index is -0.575. The van der Waals surface area contributed by atoms with E-state index >= 15 is 0 Å². The van der Waals surface area contributed by atoms with Crippen molar-refractivity contribution >= 4 is 0 Å². The van der Waals surface area contributed by atoms with Gasteiger partial charge in [0.1, 0.15) is 11.6 Å². The van der Waals surface area contributed by atoms with E-state index in [2.05, 4.69) is 15.6 Å². The van der Waals surface area contributed by atoms with Gasteiger partial charge in [-0.05, 0) is 18.9 Å². The van der Waals surface area contributed by atoms with E-state index in [1.807, 2.05) is 0 Å². The summed E-state index contributed by atoms with van der Waals surface area (Å²) in [5.41, 5.74) is 1.22. The predicted molar refractivity (Wildman–Crippen MR) is 65.3 cm³/mol. The molecule has 0 atom stereocenters. The van der Waals surface area contributed by atoms with E-state index in [9.17, 15) is 8.78 Å². The second-order valence-electron chi connectivity index (χ2n) is 4.80. The van der Waals surface area contributed by atoms with Gasteiger partial charge in [-0.15, -0.1) is 5.10 Å². The molecule has 1 aromatic carbocycles. The second-order valence-corrected chi connectivity index (χ2v) is 4.80. The van der Waals surface area contributed by atoms with Crippen LogP contribution in [-0.4, -0.2) is 21.0 Å². The van der Waals surface area contributed by atoms with Crippen molar-refractivity contribution in [1.29, 1.82) is 0 Å². The number of nitrogens with zero attached hydrogens (tertiary/aromatic N) is 3. The summed E-state index contributed by atoms with van der Waals surface area (Å²) < 4.78 is 27.8. The first-order chi connectivity index (χ1) is 9.20. The van der Waals surface area contributed by atoms with Crippen LogP contribution in [0.25, 0.3) is 0 Å². The Kier molecular flexibility index (Phi) is 3.25. The third-order valence-corrected chi connectivity index (χ3v) is 3.08. The summed E-state index contributed by atoms with van der Waals surface area (Å²) in [6.07, 6.45) is 4.21. The molecule has 0 spiro atoms. The summed E-state index contributed by atoms with van der Waals surface area (Å²) in [5, 5.41) is 11.3. The number of hydrogen-bond donors (Lipinski definition) is 1. The summed E-state index contributed by atoms with van der Waals surface area (Å²) in [6.45, 7) is 0.930. The van der Waals surface area contributed by atoms with Gasteiger partial charge in [0.2, 0.25) is 0 Å². The molecule has 0 radical (unpaired) electrons. The zero-order valence-corrected chi connectivity index (χ0v) is 10.3. The van der Waals surface area contributed by atoms with Crippen LogP contribution in [0.5, 0.6) is 0 Å². The molecule has 3 rings (SSSR count). The highest BCUT2D eigenvalue weighted by Gasteiger charge is 2.20. The van der Waals surface area contributed by atoms with E-state index < -0.39 is 11.6 Å². The molecule has 2 aromatic rings. The van der Waals surface area contributed by atoms with E-state index in [-0.39, 0.29) is 6.54 Å². The molecule has 0 bridgehead atoms. The summed E-state index contributed by atoms with van der Waals surface area (Å²) >= 11 is 0. The smallest absolute Gasteiger partial charge is 0.131 e. The van der Waals surface area contributed by atoms with Crippen LogP contribution in [0.15, 0.2) is 24.4 Å². The van der Waals surface area contributed by atoms with Gasteiger partial charge in [-0.1, -0.05) is 11.3 Å². The van der Waals surface area contributed by atoms with E-state index in [4.69, 9.17) is 0 Å². The first kappa shape index (κ1) is 12.2. The lowest BCUT2D eigenvalue weighted by atomic mass is 10.2. The largest absolute Gasteiger partial charge is 0.308 e. The maximum Gasteiger partial charge on any atom is 0.131 e. The Morgan fingerprint density at radius 3 is 2.89 bits per heavy atom. The number of rotatable bonds is 5. The highest BCUT2D eigenvalue weighted by atomic mass is 19.1. The van der Waals surface area contributed by atoms with E-state index in [0.717, 1.165) is 11.8 Å². The average Bonchev–Trinajstić information content (AvgIpc) is 3.10. The van der Waals surface area contributed by atoms with Crippen molar-refractivity contribution < 1.29 is 8.78 Å². The molecule has 1 aliphatic carbocycles. The molecular formula is C13H14F2N4. The normalized spacial score (nSPS) is 14.8. The fourth-order valence-corrected chi connectivity index (χ4v) is 1.86. The minimum absolute atomic E-state index is 0.253. The lowest BCUT2D eigenvalue weighted by Crippen LogP contribution is -2.15. The molecular weight excluding hydrogens is 250 g/mol. The van der Waals surface area contributed by atoms with Crippen molar-refractivity contribution in [2.24, 2.45) is 0 Å². The maximum absolute atomic E-state index is 13.5. The Bertz CT molecular complexity index is 578. The van der Waals surface area contributed by atoms with Crippen LogP contribution < -0.4 is 5.32 Å². The Balaban J connectivity index is 1.65. The molecule has 4 nitrogen and oxygen atoms in total. The number of aromatic nitrogens is 3. The van der Waals surface area contributed by atoms with Crippen LogP contribution in [0.2, 0.25) is 0 Å². The SMILES string of the molecule is Fc1ccc(Cn2cc(CNC3CC3)nn2)c(F)c1. The van der Waals surface area contributed by atoms with Crippen LogP contribution in [0.3, 0.4) is 0 Å². The van der Waals surface area contributed by atoms with Crippen LogP contribution >= 0.6 is 0 Å². The second kappa shape index (κ2) is 5.05. The first-order valence-corrected chi connectivity index (χ1v) is 6.27. The predicted octanol–water partition coefficient (Wildman–Crippen LogP) is 1.86. The summed E-state index contributed by atoms with van der Waals surface area (Å²) in [7, 11) is 0. The molecule has 0 unspecified atom stereocenters. The van der Waals surface area contributed by atoms with Gasteiger partial charge in [0, 0.05) is 24.2 Å². The van der Waals surface area contributed by atoms with Crippen molar-refractivity contribution in [3.63, 3.8) is 0 Å². The zero-order valence-electron chi connectivity index (χ0n) is 10.3. The van der Waals surface area contributed by atoms with Gasteiger partial charge in [-0.3, -0.25) is 0 Å². The van der Waals surface area contributed by atoms with Gasteiger partial charge in [0.25, 0.3) is 0 Å². The molecule has 19 heavy (non-hydrogen) atoms.